The van der Waals surface area contributed by atoms with E-state index in [2.05, 4.69) is 6.92 Å². The molecule has 0 bridgehead atoms. The summed E-state index contributed by atoms with van der Waals surface area (Å²) in [5.74, 6) is 0. The first-order valence-electron chi connectivity index (χ1n) is 1.97. The Hall–Kier alpha value is 0.280. The highest BCUT2D eigenvalue weighted by Gasteiger charge is 1.98. The van der Waals surface area contributed by atoms with Gasteiger partial charge in [0.1, 0.15) is 4.34 Å². The molecule has 8 heavy (non-hydrogen) atoms. The molecular weight excluding hydrogens is 163 g/mol. The van der Waals surface area contributed by atoms with Gasteiger partial charge in [0.15, 0.2) is 0 Å². The molecule has 0 amide bonds. The number of rotatable bonds is 0. The highest BCUT2D eigenvalue weighted by atomic mass is 35.5. The van der Waals surface area contributed by atoms with E-state index in [1.54, 1.807) is 6.07 Å². The molecular formula is C5H3Cl2S. The van der Waals surface area contributed by atoms with Crippen molar-refractivity contribution in [1.82, 2.24) is 0 Å². The molecule has 0 unspecified atom stereocenters. The molecule has 0 spiro atoms. The molecule has 0 saturated carbocycles. The summed E-state index contributed by atoms with van der Waals surface area (Å²) in [6.45, 7) is 3.65. The third kappa shape index (κ3) is 1.16. The van der Waals surface area contributed by atoms with Crippen molar-refractivity contribution in [3.63, 3.8) is 0 Å². The molecule has 0 aliphatic rings. The van der Waals surface area contributed by atoms with Crippen LogP contribution in [0.3, 0.4) is 0 Å². The largest absolute Gasteiger partial charge is 0.127 e. The van der Waals surface area contributed by atoms with E-state index in [0.717, 1.165) is 4.88 Å². The second-order valence-electron chi connectivity index (χ2n) is 1.33. The molecule has 1 heterocycles. The monoisotopic (exact) mass is 165 g/mol. The van der Waals surface area contributed by atoms with Crippen LogP contribution >= 0.6 is 34.5 Å². The van der Waals surface area contributed by atoms with Gasteiger partial charge in [-0.1, -0.05) is 23.2 Å². The van der Waals surface area contributed by atoms with Gasteiger partial charge in [-0.3, -0.25) is 0 Å². The molecule has 0 fully saturated rings. The van der Waals surface area contributed by atoms with E-state index < -0.39 is 0 Å². The quantitative estimate of drug-likeness (QED) is 0.554. The van der Waals surface area contributed by atoms with Gasteiger partial charge in [-0.05, 0) is 13.0 Å². The van der Waals surface area contributed by atoms with Crippen LogP contribution in [0.2, 0.25) is 9.36 Å². The number of hydrogen-bond donors (Lipinski definition) is 0. The smallest absolute Gasteiger partial charge is 0.112 e. The van der Waals surface area contributed by atoms with Crippen LogP contribution in [0.4, 0.5) is 0 Å². The number of halogens is 2. The lowest BCUT2D eigenvalue weighted by Crippen LogP contribution is -1.47. The van der Waals surface area contributed by atoms with Crippen molar-refractivity contribution in [3.05, 3.63) is 27.2 Å². The van der Waals surface area contributed by atoms with Gasteiger partial charge in [-0.2, -0.15) is 0 Å². The summed E-state index contributed by atoms with van der Waals surface area (Å²) in [5.41, 5.74) is 0. The highest BCUT2D eigenvalue weighted by molar-refractivity contribution is 7.17. The van der Waals surface area contributed by atoms with E-state index in [0.29, 0.717) is 9.36 Å². The van der Waals surface area contributed by atoms with Gasteiger partial charge in [0.05, 0.1) is 5.02 Å². The second-order valence-corrected chi connectivity index (χ2v) is 3.48. The lowest BCUT2D eigenvalue weighted by Gasteiger charge is -1.73. The van der Waals surface area contributed by atoms with E-state index in [1.807, 2.05) is 0 Å². The van der Waals surface area contributed by atoms with Crippen molar-refractivity contribution in [2.45, 2.75) is 0 Å². The molecule has 0 N–H and O–H groups in total. The van der Waals surface area contributed by atoms with Gasteiger partial charge < -0.3 is 0 Å². The van der Waals surface area contributed by atoms with E-state index >= 15 is 0 Å². The van der Waals surface area contributed by atoms with Gasteiger partial charge in [-0.15, -0.1) is 11.3 Å². The minimum absolute atomic E-state index is 0.599. The fourth-order valence-corrected chi connectivity index (χ4v) is 1.62. The fourth-order valence-electron chi connectivity index (χ4n) is 0.391. The standard InChI is InChI=1S/C5H3Cl2S/c1-3-2-4(6)5(7)8-3/h2H,1H2. The SMILES string of the molecule is [CH2]c1cc(Cl)c(Cl)s1. The summed E-state index contributed by atoms with van der Waals surface area (Å²) >= 11 is 12.5. The summed E-state index contributed by atoms with van der Waals surface area (Å²) in [5, 5.41) is 0.599. The van der Waals surface area contributed by atoms with Crippen molar-refractivity contribution in [1.29, 1.82) is 0 Å². The number of thiophene rings is 1. The van der Waals surface area contributed by atoms with Gasteiger partial charge in [0.2, 0.25) is 0 Å². The number of hydrogen-bond acceptors (Lipinski definition) is 1. The average molecular weight is 166 g/mol. The molecule has 1 aromatic heterocycles. The Labute approximate surface area is 62.0 Å². The summed E-state index contributed by atoms with van der Waals surface area (Å²) in [6, 6.07) is 1.74. The molecule has 3 heteroatoms. The Morgan fingerprint density at radius 2 is 2.12 bits per heavy atom. The fraction of sp³-hybridized carbons (Fsp3) is 0. The first-order chi connectivity index (χ1) is 3.70. The van der Waals surface area contributed by atoms with Crippen molar-refractivity contribution in [2.24, 2.45) is 0 Å². The van der Waals surface area contributed by atoms with Crippen LogP contribution in [0.1, 0.15) is 4.88 Å². The lowest BCUT2D eigenvalue weighted by atomic mass is 10.5. The normalized spacial score (nSPS) is 9.88. The zero-order valence-electron chi connectivity index (χ0n) is 3.95. The van der Waals surface area contributed by atoms with Crippen molar-refractivity contribution < 1.29 is 0 Å². The first kappa shape index (κ1) is 6.40. The Kier molecular flexibility index (Phi) is 1.81. The van der Waals surface area contributed by atoms with Crippen LogP contribution in [-0.4, -0.2) is 0 Å². The first-order valence-corrected chi connectivity index (χ1v) is 3.54. The highest BCUT2D eigenvalue weighted by Crippen LogP contribution is 2.30. The maximum atomic E-state index is 5.58. The van der Waals surface area contributed by atoms with Crippen molar-refractivity contribution >= 4 is 34.5 Å². The van der Waals surface area contributed by atoms with Gasteiger partial charge >= 0.3 is 0 Å². The van der Waals surface area contributed by atoms with Crippen LogP contribution in [0.5, 0.6) is 0 Å². The molecule has 0 nitrogen and oxygen atoms in total. The van der Waals surface area contributed by atoms with Crippen LogP contribution in [0.15, 0.2) is 6.07 Å². The summed E-state index contributed by atoms with van der Waals surface area (Å²) in [6.07, 6.45) is 0. The summed E-state index contributed by atoms with van der Waals surface area (Å²) in [7, 11) is 0. The minimum Gasteiger partial charge on any atom is -0.127 e. The van der Waals surface area contributed by atoms with Crippen LogP contribution in [0.25, 0.3) is 0 Å². The zero-order valence-corrected chi connectivity index (χ0v) is 6.28. The molecule has 1 radical (unpaired) electrons. The van der Waals surface area contributed by atoms with E-state index in [4.69, 9.17) is 23.2 Å². The molecule has 43 valence electrons. The Morgan fingerprint density at radius 1 is 1.50 bits per heavy atom. The zero-order chi connectivity index (χ0) is 6.15. The lowest BCUT2D eigenvalue weighted by molar-refractivity contribution is 1.88. The molecule has 1 rings (SSSR count). The van der Waals surface area contributed by atoms with E-state index in [1.165, 1.54) is 11.3 Å². The van der Waals surface area contributed by atoms with Crippen LogP contribution < -0.4 is 0 Å². The Bertz CT molecular complexity index is 173. The van der Waals surface area contributed by atoms with Crippen LogP contribution in [-0.2, 0) is 0 Å². The molecule has 0 atom stereocenters. The maximum Gasteiger partial charge on any atom is 0.112 e. The summed E-state index contributed by atoms with van der Waals surface area (Å²) in [4.78, 5) is 0.903. The van der Waals surface area contributed by atoms with Crippen LogP contribution in [0, 0.1) is 6.92 Å². The van der Waals surface area contributed by atoms with Crippen molar-refractivity contribution in [3.8, 4) is 0 Å². The minimum atomic E-state index is 0.599. The molecule has 0 aliphatic carbocycles. The molecule has 0 aromatic carbocycles. The third-order valence-electron chi connectivity index (χ3n) is 0.696. The maximum absolute atomic E-state index is 5.58. The summed E-state index contributed by atoms with van der Waals surface area (Å²) < 4.78 is 0.622. The topological polar surface area (TPSA) is 0 Å². The van der Waals surface area contributed by atoms with E-state index in [-0.39, 0.29) is 0 Å². The Morgan fingerprint density at radius 3 is 2.25 bits per heavy atom. The molecule has 1 aromatic rings. The Balaban J connectivity index is 3.14. The predicted octanol–water partition coefficient (Wildman–Crippen LogP) is 3.24. The third-order valence-corrected chi connectivity index (χ3v) is 2.42. The average Bonchev–Trinajstić information content (AvgIpc) is 1.85. The predicted molar refractivity (Wildman–Crippen MR) is 38.8 cm³/mol. The second kappa shape index (κ2) is 2.26. The molecule has 0 saturated heterocycles. The van der Waals surface area contributed by atoms with E-state index in [9.17, 15) is 0 Å². The van der Waals surface area contributed by atoms with Gasteiger partial charge in [-0.25, -0.2) is 0 Å². The van der Waals surface area contributed by atoms with Gasteiger partial charge in [0.25, 0.3) is 0 Å². The molecule has 0 aliphatic heterocycles. The van der Waals surface area contributed by atoms with Gasteiger partial charge in [0, 0.05) is 4.88 Å². The van der Waals surface area contributed by atoms with Crippen molar-refractivity contribution in [2.75, 3.05) is 0 Å².